The normalized spacial score (nSPS) is 30.2. The van der Waals surface area contributed by atoms with Crippen LogP contribution in [0.3, 0.4) is 0 Å². The minimum atomic E-state index is 0.694. The van der Waals surface area contributed by atoms with E-state index in [1.165, 1.54) is 42.4 Å². The van der Waals surface area contributed by atoms with E-state index in [0.717, 1.165) is 24.3 Å². The highest BCUT2D eigenvalue weighted by atomic mass is 14.9. The van der Waals surface area contributed by atoms with Crippen molar-refractivity contribution in [1.29, 1.82) is 0 Å². The molecule has 3 rings (SSSR count). The first-order chi connectivity index (χ1) is 9.17. The van der Waals surface area contributed by atoms with Crippen LogP contribution in [0.25, 0.3) is 0 Å². The molecule has 0 aliphatic heterocycles. The van der Waals surface area contributed by atoms with E-state index in [-0.39, 0.29) is 0 Å². The Kier molecular flexibility index (Phi) is 3.66. The Labute approximate surface area is 117 Å². The van der Waals surface area contributed by atoms with Gasteiger partial charge in [0.1, 0.15) is 0 Å². The summed E-state index contributed by atoms with van der Waals surface area (Å²) >= 11 is 0. The molecule has 0 spiro atoms. The highest BCUT2D eigenvalue weighted by Crippen LogP contribution is 2.55. The third kappa shape index (κ3) is 2.86. The number of hydrogen-bond donors (Lipinski definition) is 1. The highest BCUT2D eigenvalue weighted by Gasteiger charge is 2.47. The second kappa shape index (κ2) is 5.28. The summed E-state index contributed by atoms with van der Waals surface area (Å²) in [7, 11) is 0. The van der Waals surface area contributed by atoms with E-state index in [1.54, 1.807) is 0 Å². The molecule has 0 saturated heterocycles. The lowest BCUT2D eigenvalue weighted by Crippen LogP contribution is -2.37. The Morgan fingerprint density at radius 1 is 1.11 bits per heavy atom. The third-order valence-corrected chi connectivity index (χ3v) is 5.34. The van der Waals surface area contributed by atoms with Crippen LogP contribution in [0.5, 0.6) is 0 Å². The standard InChI is InChI=1S/C18H27N/c1-4-19-18(17-10-15-9-16(15)11-17)8-14-6-5-12(2)13(3)7-14/h5-7,15-19H,4,8-11H2,1-3H3. The number of benzene rings is 1. The zero-order chi connectivity index (χ0) is 13.4. The first-order valence-electron chi connectivity index (χ1n) is 7.97. The molecule has 0 radical (unpaired) electrons. The van der Waals surface area contributed by atoms with Crippen molar-refractivity contribution in [2.75, 3.05) is 6.54 Å². The SMILES string of the molecule is CCNC(Cc1ccc(C)c(C)c1)C1CC2CC2C1. The molecule has 2 saturated carbocycles. The first kappa shape index (κ1) is 13.2. The second-order valence-electron chi connectivity index (χ2n) is 6.77. The van der Waals surface area contributed by atoms with Crippen LogP contribution in [0.4, 0.5) is 0 Å². The number of fused-ring (bicyclic) bond motifs is 1. The van der Waals surface area contributed by atoms with Gasteiger partial charge in [0.25, 0.3) is 0 Å². The fraction of sp³-hybridized carbons (Fsp3) is 0.667. The maximum absolute atomic E-state index is 3.75. The fourth-order valence-corrected chi connectivity index (χ4v) is 3.94. The maximum atomic E-state index is 3.75. The van der Waals surface area contributed by atoms with Crippen molar-refractivity contribution >= 4 is 0 Å². The summed E-state index contributed by atoms with van der Waals surface area (Å²) in [5.74, 6) is 3.10. The predicted octanol–water partition coefficient (Wildman–Crippen LogP) is 3.87. The van der Waals surface area contributed by atoms with Crippen molar-refractivity contribution in [3.8, 4) is 0 Å². The second-order valence-corrected chi connectivity index (χ2v) is 6.77. The van der Waals surface area contributed by atoms with Crippen LogP contribution in [0.1, 0.15) is 42.9 Å². The van der Waals surface area contributed by atoms with Gasteiger partial charge in [-0.3, -0.25) is 0 Å². The molecule has 2 fully saturated rings. The van der Waals surface area contributed by atoms with Gasteiger partial charge in [-0.25, -0.2) is 0 Å². The zero-order valence-electron chi connectivity index (χ0n) is 12.6. The first-order valence-corrected chi connectivity index (χ1v) is 7.97. The fourth-order valence-electron chi connectivity index (χ4n) is 3.94. The highest BCUT2D eigenvalue weighted by molar-refractivity contribution is 5.30. The van der Waals surface area contributed by atoms with Crippen LogP contribution >= 0.6 is 0 Å². The monoisotopic (exact) mass is 257 g/mol. The Morgan fingerprint density at radius 3 is 2.47 bits per heavy atom. The molecule has 3 unspecified atom stereocenters. The lowest BCUT2D eigenvalue weighted by atomic mass is 9.89. The molecule has 1 heteroatoms. The number of likely N-dealkylation sites (N-methyl/N-ethyl adjacent to an activating group) is 1. The van der Waals surface area contributed by atoms with Gasteiger partial charge in [0.2, 0.25) is 0 Å². The summed E-state index contributed by atoms with van der Waals surface area (Å²) in [4.78, 5) is 0. The largest absolute Gasteiger partial charge is 0.314 e. The molecule has 3 atom stereocenters. The lowest BCUT2D eigenvalue weighted by Gasteiger charge is -2.26. The Morgan fingerprint density at radius 2 is 1.84 bits per heavy atom. The molecule has 1 aromatic rings. The van der Waals surface area contributed by atoms with Gasteiger partial charge in [0.15, 0.2) is 0 Å². The van der Waals surface area contributed by atoms with E-state index in [0.29, 0.717) is 6.04 Å². The van der Waals surface area contributed by atoms with Gasteiger partial charge in [-0.05, 0) is 80.5 Å². The van der Waals surface area contributed by atoms with Gasteiger partial charge in [0.05, 0.1) is 0 Å². The topological polar surface area (TPSA) is 12.0 Å². The smallest absolute Gasteiger partial charge is 0.0136 e. The van der Waals surface area contributed by atoms with Gasteiger partial charge < -0.3 is 5.32 Å². The summed E-state index contributed by atoms with van der Waals surface area (Å²) in [5.41, 5.74) is 4.35. The molecule has 2 aliphatic rings. The summed E-state index contributed by atoms with van der Waals surface area (Å²) < 4.78 is 0. The van der Waals surface area contributed by atoms with Gasteiger partial charge in [-0.15, -0.1) is 0 Å². The molecule has 1 nitrogen and oxygen atoms in total. The van der Waals surface area contributed by atoms with Crippen LogP contribution in [-0.4, -0.2) is 12.6 Å². The van der Waals surface area contributed by atoms with Crippen molar-refractivity contribution in [2.45, 2.75) is 52.5 Å². The molecule has 0 amide bonds. The van der Waals surface area contributed by atoms with E-state index in [9.17, 15) is 0 Å². The summed E-state index contributed by atoms with van der Waals surface area (Å²) in [5, 5.41) is 3.75. The molecule has 0 heterocycles. The molecule has 1 aromatic carbocycles. The number of nitrogens with one attached hydrogen (secondary N) is 1. The maximum Gasteiger partial charge on any atom is 0.0136 e. The van der Waals surface area contributed by atoms with E-state index in [4.69, 9.17) is 0 Å². The van der Waals surface area contributed by atoms with Gasteiger partial charge in [0, 0.05) is 6.04 Å². The molecular formula is C18H27N. The summed E-state index contributed by atoms with van der Waals surface area (Å²) in [6.45, 7) is 7.77. The lowest BCUT2D eigenvalue weighted by molar-refractivity contribution is 0.337. The number of rotatable bonds is 5. The van der Waals surface area contributed by atoms with Gasteiger partial charge >= 0.3 is 0 Å². The molecular weight excluding hydrogens is 230 g/mol. The van der Waals surface area contributed by atoms with E-state index in [2.05, 4.69) is 44.3 Å². The van der Waals surface area contributed by atoms with Crippen molar-refractivity contribution in [2.24, 2.45) is 17.8 Å². The van der Waals surface area contributed by atoms with E-state index in [1.807, 2.05) is 0 Å². The van der Waals surface area contributed by atoms with Crippen molar-refractivity contribution in [1.82, 2.24) is 5.32 Å². The molecule has 0 bridgehead atoms. The Bertz CT molecular complexity index is 441. The minimum absolute atomic E-state index is 0.694. The summed E-state index contributed by atoms with van der Waals surface area (Å²) in [6, 6.07) is 7.68. The van der Waals surface area contributed by atoms with E-state index >= 15 is 0 Å². The van der Waals surface area contributed by atoms with Crippen molar-refractivity contribution in [3.63, 3.8) is 0 Å². The molecule has 2 aliphatic carbocycles. The van der Waals surface area contributed by atoms with E-state index < -0.39 is 0 Å². The van der Waals surface area contributed by atoms with Crippen molar-refractivity contribution < 1.29 is 0 Å². The molecule has 19 heavy (non-hydrogen) atoms. The summed E-state index contributed by atoms with van der Waals surface area (Å²) in [6.07, 6.45) is 5.69. The van der Waals surface area contributed by atoms with Gasteiger partial charge in [-0.1, -0.05) is 25.1 Å². The van der Waals surface area contributed by atoms with Crippen molar-refractivity contribution in [3.05, 3.63) is 34.9 Å². The Hall–Kier alpha value is -0.820. The Balaban J connectivity index is 1.68. The quantitative estimate of drug-likeness (QED) is 0.844. The third-order valence-electron chi connectivity index (χ3n) is 5.34. The molecule has 1 N–H and O–H groups in total. The molecule has 104 valence electrons. The minimum Gasteiger partial charge on any atom is -0.314 e. The van der Waals surface area contributed by atoms with Gasteiger partial charge in [-0.2, -0.15) is 0 Å². The van der Waals surface area contributed by atoms with Crippen LogP contribution in [0, 0.1) is 31.6 Å². The average molecular weight is 257 g/mol. The molecule has 0 aromatic heterocycles. The predicted molar refractivity (Wildman–Crippen MR) is 81.4 cm³/mol. The van der Waals surface area contributed by atoms with Crippen LogP contribution in [0.15, 0.2) is 18.2 Å². The van der Waals surface area contributed by atoms with Crippen LogP contribution < -0.4 is 5.32 Å². The zero-order valence-corrected chi connectivity index (χ0v) is 12.6. The number of aryl methyl sites for hydroxylation is 2. The van der Waals surface area contributed by atoms with Crippen LogP contribution in [-0.2, 0) is 6.42 Å². The average Bonchev–Trinajstić information content (AvgIpc) is 3.00. The van der Waals surface area contributed by atoms with Crippen LogP contribution in [0.2, 0.25) is 0 Å². The number of hydrogen-bond acceptors (Lipinski definition) is 1.